The molecule has 0 atom stereocenters. The molecule has 1 aliphatic rings. The highest BCUT2D eigenvalue weighted by Crippen LogP contribution is 2.41. The normalized spacial score (nSPS) is 25.9. The number of hydrogen-bond donors (Lipinski definition) is 1. The number of halogens is 1. The predicted molar refractivity (Wildman–Crippen MR) is 55.8 cm³/mol. The molecule has 0 radical (unpaired) electrons. The van der Waals surface area contributed by atoms with Crippen LogP contribution in [0.15, 0.2) is 24.3 Å². The molecule has 0 amide bonds. The maximum Gasteiger partial charge on any atom is 0.123 e. The Labute approximate surface area is 84.3 Å². The molecule has 1 saturated carbocycles. The molecule has 0 bridgehead atoms. The van der Waals surface area contributed by atoms with Crippen molar-refractivity contribution >= 4 is 0 Å². The van der Waals surface area contributed by atoms with Crippen LogP contribution in [0.4, 0.5) is 4.39 Å². The van der Waals surface area contributed by atoms with E-state index in [2.05, 4.69) is 5.32 Å². The van der Waals surface area contributed by atoms with Gasteiger partial charge in [-0.25, -0.2) is 4.39 Å². The van der Waals surface area contributed by atoms with Crippen molar-refractivity contribution in [2.45, 2.75) is 18.8 Å². The third kappa shape index (κ3) is 1.95. The van der Waals surface area contributed by atoms with E-state index in [4.69, 9.17) is 0 Å². The summed E-state index contributed by atoms with van der Waals surface area (Å²) in [5.41, 5.74) is 1.16. The van der Waals surface area contributed by atoms with Crippen molar-refractivity contribution < 1.29 is 4.39 Å². The lowest BCUT2D eigenvalue weighted by Crippen LogP contribution is -2.30. The molecule has 1 aromatic carbocycles. The smallest absolute Gasteiger partial charge is 0.123 e. The molecule has 0 aliphatic heterocycles. The van der Waals surface area contributed by atoms with Crippen LogP contribution in [-0.2, 0) is 0 Å². The van der Waals surface area contributed by atoms with E-state index >= 15 is 0 Å². The first kappa shape index (κ1) is 9.66. The molecule has 76 valence electrons. The Hall–Kier alpha value is -0.890. The molecule has 0 saturated heterocycles. The first-order valence-corrected chi connectivity index (χ1v) is 5.19. The third-order valence-corrected chi connectivity index (χ3v) is 3.05. The Morgan fingerprint density at radius 2 is 2.21 bits per heavy atom. The van der Waals surface area contributed by atoms with Crippen LogP contribution in [0.25, 0.3) is 0 Å². The monoisotopic (exact) mass is 193 g/mol. The lowest BCUT2D eigenvalue weighted by molar-refractivity contribution is 0.259. The van der Waals surface area contributed by atoms with Crippen molar-refractivity contribution in [1.82, 2.24) is 5.32 Å². The van der Waals surface area contributed by atoms with Gasteiger partial charge in [-0.2, -0.15) is 0 Å². The van der Waals surface area contributed by atoms with Gasteiger partial charge in [0.25, 0.3) is 0 Å². The Balaban J connectivity index is 1.93. The summed E-state index contributed by atoms with van der Waals surface area (Å²) in [6.45, 7) is 1.09. The fourth-order valence-electron chi connectivity index (χ4n) is 2.22. The lowest BCUT2D eigenvalue weighted by Gasteiger charge is -2.35. The molecule has 2 rings (SSSR count). The number of hydrogen-bond acceptors (Lipinski definition) is 1. The Morgan fingerprint density at radius 1 is 1.43 bits per heavy atom. The van der Waals surface area contributed by atoms with Gasteiger partial charge in [0.2, 0.25) is 0 Å². The molecule has 1 N–H and O–H groups in total. The number of nitrogens with one attached hydrogen (secondary N) is 1. The highest BCUT2D eigenvalue weighted by atomic mass is 19.1. The highest BCUT2D eigenvalue weighted by molar-refractivity contribution is 5.23. The zero-order valence-electron chi connectivity index (χ0n) is 8.46. The highest BCUT2D eigenvalue weighted by Gasteiger charge is 2.29. The van der Waals surface area contributed by atoms with Crippen molar-refractivity contribution in [3.63, 3.8) is 0 Å². The molecular formula is C12H16FN. The van der Waals surface area contributed by atoms with Gasteiger partial charge < -0.3 is 5.32 Å². The fourth-order valence-corrected chi connectivity index (χ4v) is 2.22. The largest absolute Gasteiger partial charge is 0.319 e. The molecule has 0 unspecified atom stereocenters. The van der Waals surface area contributed by atoms with E-state index in [-0.39, 0.29) is 5.82 Å². The van der Waals surface area contributed by atoms with Gasteiger partial charge in [0.15, 0.2) is 0 Å². The first-order chi connectivity index (χ1) is 6.79. The van der Waals surface area contributed by atoms with Crippen molar-refractivity contribution in [2.24, 2.45) is 5.92 Å². The van der Waals surface area contributed by atoms with Crippen LogP contribution in [0, 0.1) is 11.7 Å². The molecule has 14 heavy (non-hydrogen) atoms. The van der Waals surface area contributed by atoms with Crippen LogP contribution in [0.1, 0.15) is 24.3 Å². The van der Waals surface area contributed by atoms with Crippen LogP contribution in [0.5, 0.6) is 0 Å². The average Bonchev–Trinajstić information content (AvgIpc) is 2.10. The van der Waals surface area contributed by atoms with E-state index in [1.807, 2.05) is 13.1 Å². The SMILES string of the molecule is CNCC1CC(c2cccc(F)c2)C1. The van der Waals surface area contributed by atoms with Gasteiger partial charge in [-0.15, -0.1) is 0 Å². The minimum Gasteiger partial charge on any atom is -0.319 e. The summed E-state index contributed by atoms with van der Waals surface area (Å²) >= 11 is 0. The fraction of sp³-hybridized carbons (Fsp3) is 0.500. The molecule has 0 aromatic heterocycles. The number of benzene rings is 1. The van der Waals surface area contributed by atoms with Gasteiger partial charge in [0.1, 0.15) is 5.82 Å². The summed E-state index contributed by atoms with van der Waals surface area (Å²) in [4.78, 5) is 0. The second-order valence-electron chi connectivity index (χ2n) is 4.15. The summed E-state index contributed by atoms with van der Waals surface area (Å²) in [5, 5.41) is 3.18. The topological polar surface area (TPSA) is 12.0 Å². The third-order valence-electron chi connectivity index (χ3n) is 3.05. The van der Waals surface area contributed by atoms with Crippen LogP contribution in [0.2, 0.25) is 0 Å². The zero-order chi connectivity index (χ0) is 9.97. The first-order valence-electron chi connectivity index (χ1n) is 5.19. The van der Waals surface area contributed by atoms with Crippen LogP contribution in [0.3, 0.4) is 0 Å². The summed E-state index contributed by atoms with van der Waals surface area (Å²) < 4.78 is 12.9. The summed E-state index contributed by atoms with van der Waals surface area (Å²) in [6, 6.07) is 7.01. The molecule has 1 nitrogen and oxygen atoms in total. The van der Waals surface area contributed by atoms with E-state index in [1.165, 1.54) is 18.9 Å². The Morgan fingerprint density at radius 3 is 2.86 bits per heavy atom. The molecule has 1 aromatic rings. The van der Waals surface area contributed by atoms with E-state index in [0.29, 0.717) is 5.92 Å². The van der Waals surface area contributed by atoms with E-state index in [1.54, 1.807) is 12.1 Å². The van der Waals surface area contributed by atoms with Gasteiger partial charge in [-0.3, -0.25) is 0 Å². The van der Waals surface area contributed by atoms with Gasteiger partial charge in [0, 0.05) is 0 Å². The number of rotatable bonds is 3. The van der Waals surface area contributed by atoms with Gasteiger partial charge >= 0.3 is 0 Å². The van der Waals surface area contributed by atoms with Crippen LogP contribution in [-0.4, -0.2) is 13.6 Å². The van der Waals surface area contributed by atoms with E-state index in [0.717, 1.165) is 18.0 Å². The summed E-state index contributed by atoms with van der Waals surface area (Å²) in [5.74, 6) is 1.26. The second-order valence-corrected chi connectivity index (χ2v) is 4.15. The predicted octanol–water partition coefficient (Wildman–Crippen LogP) is 2.54. The Kier molecular flexibility index (Phi) is 2.82. The van der Waals surface area contributed by atoms with Gasteiger partial charge in [-0.1, -0.05) is 12.1 Å². The molecule has 0 spiro atoms. The quantitative estimate of drug-likeness (QED) is 0.778. The zero-order valence-corrected chi connectivity index (χ0v) is 8.46. The maximum absolute atomic E-state index is 12.9. The van der Waals surface area contributed by atoms with Gasteiger partial charge in [-0.05, 0) is 56.0 Å². The van der Waals surface area contributed by atoms with Crippen LogP contribution >= 0.6 is 0 Å². The average molecular weight is 193 g/mol. The summed E-state index contributed by atoms with van der Waals surface area (Å²) in [7, 11) is 1.98. The Bertz CT molecular complexity index is 305. The molecule has 2 heteroatoms. The van der Waals surface area contributed by atoms with Gasteiger partial charge in [0.05, 0.1) is 0 Å². The minimum atomic E-state index is -0.112. The molecule has 1 fully saturated rings. The maximum atomic E-state index is 12.9. The van der Waals surface area contributed by atoms with Crippen molar-refractivity contribution in [3.05, 3.63) is 35.6 Å². The molecular weight excluding hydrogens is 177 g/mol. The van der Waals surface area contributed by atoms with Crippen molar-refractivity contribution in [3.8, 4) is 0 Å². The van der Waals surface area contributed by atoms with Crippen LogP contribution < -0.4 is 5.32 Å². The minimum absolute atomic E-state index is 0.112. The van der Waals surface area contributed by atoms with E-state index in [9.17, 15) is 4.39 Å². The van der Waals surface area contributed by atoms with E-state index < -0.39 is 0 Å². The lowest BCUT2D eigenvalue weighted by atomic mass is 9.71. The van der Waals surface area contributed by atoms with Crippen molar-refractivity contribution in [2.75, 3.05) is 13.6 Å². The van der Waals surface area contributed by atoms with Crippen molar-refractivity contribution in [1.29, 1.82) is 0 Å². The standard InChI is InChI=1S/C12H16FN/c1-14-8-9-5-11(6-9)10-3-2-4-12(13)7-10/h2-4,7,9,11,14H,5-6,8H2,1H3. The molecule has 0 heterocycles. The molecule has 1 aliphatic carbocycles. The second kappa shape index (κ2) is 4.09. The summed E-state index contributed by atoms with van der Waals surface area (Å²) in [6.07, 6.45) is 2.40.